The lowest BCUT2D eigenvalue weighted by Crippen LogP contribution is -2.19. The molecular weight excluding hydrogens is 257 g/mol. The Morgan fingerprint density at radius 2 is 1.95 bits per heavy atom. The lowest BCUT2D eigenvalue weighted by Gasteiger charge is -2.10. The van der Waals surface area contributed by atoms with Gasteiger partial charge in [-0.15, -0.1) is 0 Å². The lowest BCUT2D eigenvalue weighted by molar-refractivity contribution is -0.137. The van der Waals surface area contributed by atoms with E-state index in [4.69, 9.17) is 0 Å². The summed E-state index contributed by atoms with van der Waals surface area (Å²) in [7, 11) is 1.44. The molecule has 1 heterocycles. The van der Waals surface area contributed by atoms with E-state index in [0.717, 1.165) is 12.1 Å². The van der Waals surface area contributed by atoms with Gasteiger partial charge in [-0.05, 0) is 30.5 Å². The first-order valence-electron chi connectivity index (χ1n) is 5.53. The number of benzene rings is 1. The third-order valence-electron chi connectivity index (χ3n) is 2.81. The molecule has 1 amide bonds. The highest BCUT2D eigenvalue weighted by molar-refractivity contribution is 5.97. The average Bonchev–Trinajstić information content (AvgIpc) is 2.36. The van der Waals surface area contributed by atoms with Gasteiger partial charge in [-0.1, -0.05) is 6.07 Å². The first kappa shape index (κ1) is 13.3. The highest BCUT2D eigenvalue weighted by atomic mass is 19.4. The van der Waals surface area contributed by atoms with Crippen LogP contribution in [0.5, 0.6) is 0 Å². The molecule has 0 fully saturated rings. The standard InChI is InChI=1S/C13H11F3N2O/c1-7-10-4-3-9(13(14,15)16)5-8(10)6-11(18-7)12(19)17-2/h3-6H,1-2H3,(H,17,19). The Morgan fingerprint density at radius 3 is 2.53 bits per heavy atom. The van der Waals surface area contributed by atoms with Gasteiger partial charge in [-0.25, -0.2) is 4.98 Å². The van der Waals surface area contributed by atoms with Crippen LogP contribution in [0.2, 0.25) is 0 Å². The molecular formula is C13H11F3N2O. The fraction of sp³-hybridized carbons (Fsp3) is 0.231. The van der Waals surface area contributed by atoms with Gasteiger partial charge in [0.25, 0.3) is 5.91 Å². The van der Waals surface area contributed by atoms with E-state index in [0.29, 0.717) is 16.5 Å². The number of amides is 1. The number of hydrogen-bond donors (Lipinski definition) is 1. The van der Waals surface area contributed by atoms with Gasteiger partial charge in [0.05, 0.1) is 5.56 Å². The van der Waals surface area contributed by atoms with Crippen LogP contribution in [0, 0.1) is 6.92 Å². The summed E-state index contributed by atoms with van der Waals surface area (Å²) in [6.07, 6.45) is -4.40. The van der Waals surface area contributed by atoms with Gasteiger partial charge in [0, 0.05) is 18.1 Å². The first-order chi connectivity index (χ1) is 8.82. The summed E-state index contributed by atoms with van der Waals surface area (Å²) in [5, 5.41) is 3.34. The van der Waals surface area contributed by atoms with E-state index in [1.807, 2.05) is 0 Å². The van der Waals surface area contributed by atoms with Crippen LogP contribution in [-0.2, 0) is 6.18 Å². The van der Waals surface area contributed by atoms with Crippen molar-refractivity contribution < 1.29 is 18.0 Å². The molecule has 0 saturated heterocycles. The van der Waals surface area contributed by atoms with Crippen LogP contribution < -0.4 is 5.32 Å². The van der Waals surface area contributed by atoms with Crippen LogP contribution >= 0.6 is 0 Å². The predicted molar refractivity (Wildman–Crippen MR) is 64.9 cm³/mol. The molecule has 1 aromatic carbocycles. The molecule has 0 atom stereocenters. The number of nitrogens with zero attached hydrogens (tertiary/aromatic N) is 1. The Labute approximate surface area is 107 Å². The van der Waals surface area contributed by atoms with Crippen LogP contribution in [0.1, 0.15) is 21.7 Å². The maximum absolute atomic E-state index is 12.6. The zero-order valence-corrected chi connectivity index (χ0v) is 10.3. The van der Waals surface area contributed by atoms with Crippen molar-refractivity contribution in [3.8, 4) is 0 Å². The molecule has 0 unspecified atom stereocenters. The number of carbonyl (C=O) groups excluding carboxylic acids is 1. The molecule has 0 saturated carbocycles. The second kappa shape index (κ2) is 4.53. The van der Waals surface area contributed by atoms with Gasteiger partial charge in [0.15, 0.2) is 0 Å². The molecule has 0 aliphatic carbocycles. The number of alkyl halides is 3. The Bertz CT molecular complexity index is 650. The molecule has 19 heavy (non-hydrogen) atoms. The third-order valence-corrected chi connectivity index (χ3v) is 2.81. The summed E-state index contributed by atoms with van der Waals surface area (Å²) in [5.41, 5.74) is -0.120. The minimum atomic E-state index is -4.40. The molecule has 2 rings (SSSR count). The summed E-state index contributed by atoms with van der Waals surface area (Å²) < 4.78 is 37.9. The van der Waals surface area contributed by atoms with Crippen LogP contribution in [0.25, 0.3) is 10.8 Å². The van der Waals surface area contributed by atoms with E-state index in [9.17, 15) is 18.0 Å². The van der Waals surface area contributed by atoms with Crippen molar-refractivity contribution in [2.75, 3.05) is 7.05 Å². The van der Waals surface area contributed by atoms with Crippen molar-refractivity contribution in [2.24, 2.45) is 0 Å². The SMILES string of the molecule is CNC(=O)c1cc2cc(C(F)(F)F)ccc2c(C)n1. The highest BCUT2D eigenvalue weighted by Gasteiger charge is 2.30. The third kappa shape index (κ3) is 2.52. The molecule has 2 aromatic rings. The van der Waals surface area contributed by atoms with E-state index in [2.05, 4.69) is 10.3 Å². The molecule has 0 bridgehead atoms. The van der Waals surface area contributed by atoms with Crippen LogP contribution in [0.3, 0.4) is 0 Å². The molecule has 0 aliphatic heterocycles. The van der Waals surface area contributed by atoms with Crippen LogP contribution in [0.4, 0.5) is 13.2 Å². The van der Waals surface area contributed by atoms with E-state index in [1.165, 1.54) is 19.2 Å². The van der Waals surface area contributed by atoms with Gasteiger partial charge in [0.1, 0.15) is 5.69 Å². The second-order valence-corrected chi connectivity index (χ2v) is 4.11. The number of aromatic nitrogens is 1. The minimum absolute atomic E-state index is 0.104. The molecule has 0 spiro atoms. The number of hydrogen-bond acceptors (Lipinski definition) is 2. The second-order valence-electron chi connectivity index (χ2n) is 4.11. The van der Waals surface area contributed by atoms with E-state index >= 15 is 0 Å². The number of carbonyl (C=O) groups is 1. The Kier molecular flexibility index (Phi) is 3.18. The van der Waals surface area contributed by atoms with Crippen molar-refractivity contribution in [2.45, 2.75) is 13.1 Å². The fourth-order valence-electron chi connectivity index (χ4n) is 1.85. The van der Waals surface area contributed by atoms with Crippen molar-refractivity contribution >= 4 is 16.7 Å². The van der Waals surface area contributed by atoms with E-state index in [-0.39, 0.29) is 5.69 Å². The molecule has 1 aromatic heterocycles. The zero-order valence-electron chi connectivity index (χ0n) is 10.3. The summed E-state index contributed by atoms with van der Waals surface area (Å²) in [5.74, 6) is -0.428. The van der Waals surface area contributed by atoms with E-state index < -0.39 is 17.6 Å². The monoisotopic (exact) mass is 268 g/mol. The summed E-state index contributed by atoms with van der Waals surface area (Å²) in [4.78, 5) is 15.6. The molecule has 3 nitrogen and oxygen atoms in total. The van der Waals surface area contributed by atoms with Crippen LogP contribution in [0.15, 0.2) is 24.3 Å². The fourth-order valence-corrected chi connectivity index (χ4v) is 1.85. The van der Waals surface area contributed by atoms with Crippen molar-refractivity contribution in [1.29, 1.82) is 0 Å². The number of rotatable bonds is 1. The maximum Gasteiger partial charge on any atom is 0.416 e. The van der Waals surface area contributed by atoms with Gasteiger partial charge in [0.2, 0.25) is 0 Å². The van der Waals surface area contributed by atoms with Crippen molar-refractivity contribution in [3.05, 3.63) is 41.2 Å². The Balaban J connectivity index is 2.66. The molecule has 0 aliphatic rings. The zero-order chi connectivity index (χ0) is 14.2. The number of aryl methyl sites for hydroxylation is 1. The van der Waals surface area contributed by atoms with Crippen LogP contribution in [-0.4, -0.2) is 17.9 Å². The van der Waals surface area contributed by atoms with Crippen molar-refractivity contribution in [3.63, 3.8) is 0 Å². The predicted octanol–water partition coefficient (Wildman–Crippen LogP) is 2.92. The smallest absolute Gasteiger partial charge is 0.354 e. The molecule has 100 valence electrons. The summed E-state index contributed by atoms with van der Waals surface area (Å²) in [6.45, 7) is 1.65. The minimum Gasteiger partial charge on any atom is -0.354 e. The van der Waals surface area contributed by atoms with Gasteiger partial charge in [-0.2, -0.15) is 13.2 Å². The maximum atomic E-state index is 12.6. The number of pyridine rings is 1. The topological polar surface area (TPSA) is 42.0 Å². The largest absolute Gasteiger partial charge is 0.416 e. The quantitative estimate of drug-likeness (QED) is 0.864. The summed E-state index contributed by atoms with van der Waals surface area (Å²) >= 11 is 0. The first-order valence-corrected chi connectivity index (χ1v) is 5.53. The molecule has 1 N–H and O–H groups in total. The number of fused-ring (bicyclic) bond motifs is 1. The van der Waals surface area contributed by atoms with Gasteiger partial charge in [-0.3, -0.25) is 4.79 Å². The number of nitrogens with one attached hydrogen (secondary N) is 1. The average molecular weight is 268 g/mol. The summed E-state index contributed by atoms with van der Waals surface area (Å²) in [6, 6.07) is 4.76. The van der Waals surface area contributed by atoms with Crippen molar-refractivity contribution in [1.82, 2.24) is 10.3 Å². The lowest BCUT2D eigenvalue weighted by atomic mass is 10.0. The van der Waals surface area contributed by atoms with Gasteiger partial charge < -0.3 is 5.32 Å². The normalized spacial score (nSPS) is 11.6. The van der Waals surface area contributed by atoms with E-state index in [1.54, 1.807) is 6.92 Å². The van der Waals surface area contributed by atoms with Gasteiger partial charge >= 0.3 is 6.18 Å². The Morgan fingerprint density at radius 1 is 1.26 bits per heavy atom. The highest BCUT2D eigenvalue weighted by Crippen LogP contribution is 2.32. The molecule has 6 heteroatoms. The molecule has 0 radical (unpaired) electrons. The Hall–Kier alpha value is -2.11. The number of halogens is 3.